The van der Waals surface area contributed by atoms with Crippen LogP contribution in [-0.4, -0.2) is 6.72 Å². The molecule has 0 spiro atoms. The minimum atomic E-state index is 0.607. The summed E-state index contributed by atoms with van der Waals surface area (Å²) in [6.45, 7) is 3.44. The largest absolute Gasteiger partial charge is 0.265 e. The van der Waals surface area contributed by atoms with E-state index >= 15 is 0 Å². The van der Waals surface area contributed by atoms with Crippen molar-refractivity contribution in [1.82, 2.24) is 0 Å². The van der Waals surface area contributed by atoms with Gasteiger partial charge in [0.25, 0.3) is 0 Å². The Kier molecular flexibility index (Phi) is 3.57. The number of benzene rings is 2. The van der Waals surface area contributed by atoms with E-state index in [1.165, 1.54) is 0 Å². The zero-order chi connectivity index (χ0) is 12.8. The standard InChI is InChI=1S/C14H10N4/c1-16-12-6-8-14(9-7-12)18-17-13-4-2-11(10-15)3-5-13/h2-9H,1H2. The van der Waals surface area contributed by atoms with Gasteiger partial charge in [0, 0.05) is 0 Å². The van der Waals surface area contributed by atoms with Gasteiger partial charge in [0.2, 0.25) is 0 Å². The van der Waals surface area contributed by atoms with Crippen molar-refractivity contribution in [3.8, 4) is 6.07 Å². The van der Waals surface area contributed by atoms with Crippen molar-refractivity contribution in [3.63, 3.8) is 0 Å². The van der Waals surface area contributed by atoms with Crippen LogP contribution < -0.4 is 0 Å². The van der Waals surface area contributed by atoms with E-state index in [-0.39, 0.29) is 0 Å². The number of rotatable bonds is 3. The highest BCUT2D eigenvalue weighted by molar-refractivity contribution is 5.51. The van der Waals surface area contributed by atoms with Crippen LogP contribution in [0.3, 0.4) is 0 Å². The molecule has 0 heterocycles. The summed E-state index contributed by atoms with van der Waals surface area (Å²) < 4.78 is 0. The molecule has 0 bridgehead atoms. The zero-order valence-corrected chi connectivity index (χ0v) is 9.61. The van der Waals surface area contributed by atoms with Gasteiger partial charge in [-0.1, -0.05) is 0 Å². The van der Waals surface area contributed by atoms with Crippen molar-refractivity contribution >= 4 is 23.8 Å². The molecule has 2 aromatic carbocycles. The van der Waals surface area contributed by atoms with Crippen LogP contribution in [0.1, 0.15) is 5.56 Å². The predicted octanol–water partition coefficient (Wildman–Crippen LogP) is 4.31. The van der Waals surface area contributed by atoms with Crippen LogP contribution in [0.4, 0.5) is 17.1 Å². The van der Waals surface area contributed by atoms with Crippen molar-refractivity contribution in [1.29, 1.82) is 5.26 Å². The summed E-state index contributed by atoms with van der Waals surface area (Å²) in [6, 6.07) is 16.2. The lowest BCUT2D eigenvalue weighted by molar-refractivity contribution is 1.23. The summed E-state index contributed by atoms with van der Waals surface area (Å²) in [5.41, 5.74) is 2.86. The van der Waals surface area contributed by atoms with Crippen LogP contribution in [0.25, 0.3) is 0 Å². The van der Waals surface area contributed by atoms with E-state index in [0.29, 0.717) is 11.3 Å². The smallest absolute Gasteiger partial charge is 0.0991 e. The molecule has 0 atom stereocenters. The molecular weight excluding hydrogens is 224 g/mol. The molecule has 0 saturated carbocycles. The highest BCUT2D eigenvalue weighted by Crippen LogP contribution is 2.21. The average molecular weight is 234 g/mol. The SMILES string of the molecule is C=Nc1ccc(N=Nc2ccc(C#N)cc2)cc1. The Morgan fingerprint density at radius 1 is 0.778 bits per heavy atom. The molecule has 0 unspecified atom stereocenters. The number of nitriles is 1. The summed E-state index contributed by atoms with van der Waals surface area (Å²) in [6.07, 6.45) is 0. The molecule has 0 aliphatic heterocycles. The number of hydrogen-bond donors (Lipinski definition) is 0. The molecule has 0 amide bonds. The molecule has 0 aliphatic rings. The summed E-state index contributed by atoms with van der Waals surface area (Å²) in [5, 5.41) is 16.8. The molecule has 0 fully saturated rings. The van der Waals surface area contributed by atoms with E-state index in [1.807, 2.05) is 24.3 Å². The maximum Gasteiger partial charge on any atom is 0.0991 e. The third kappa shape index (κ3) is 2.86. The highest BCUT2D eigenvalue weighted by Gasteiger charge is 1.93. The maximum atomic E-state index is 8.67. The summed E-state index contributed by atoms with van der Waals surface area (Å²) in [4.78, 5) is 3.80. The highest BCUT2D eigenvalue weighted by atomic mass is 15.1. The molecule has 2 aromatic rings. The first-order valence-electron chi connectivity index (χ1n) is 5.30. The second-order valence-corrected chi connectivity index (χ2v) is 3.53. The molecule has 0 N–H and O–H groups in total. The molecule has 2 rings (SSSR count). The first-order valence-corrected chi connectivity index (χ1v) is 5.30. The fourth-order valence-corrected chi connectivity index (χ4v) is 1.34. The van der Waals surface area contributed by atoms with Gasteiger partial charge in [-0.2, -0.15) is 15.5 Å². The van der Waals surface area contributed by atoms with Gasteiger partial charge in [-0.15, -0.1) is 0 Å². The Labute approximate surface area is 105 Å². The van der Waals surface area contributed by atoms with Gasteiger partial charge in [0.1, 0.15) is 0 Å². The second kappa shape index (κ2) is 5.51. The van der Waals surface area contributed by atoms with E-state index in [1.54, 1.807) is 24.3 Å². The summed E-state index contributed by atoms with van der Waals surface area (Å²) in [5.74, 6) is 0. The van der Waals surface area contributed by atoms with Gasteiger partial charge in [-0.05, 0) is 55.2 Å². The Morgan fingerprint density at radius 3 is 1.67 bits per heavy atom. The molecule has 0 saturated heterocycles. The maximum absolute atomic E-state index is 8.67. The van der Waals surface area contributed by atoms with Gasteiger partial charge in [-0.3, -0.25) is 4.99 Å². The molecule has 0 aromatic heterocycles. The first-order chi connectivity index (χ1) is 8.81. The monoisotopic (exact) mass is 234 g/mol. The lowest BCUT2D eigenvalue weighted by atomic mass is 10.2. The van der Waals surface area contributed by atoms with Gasteiger partial charge >= 0.3 is 0 Å². The Bertz CT molecular complexity index is 604. The fourth-order valence-electron chi connectivity index (χ4n) is 1.34. The predicted molar refractivity (Wildman–Crippen MR) is 71.0 cm³/mol. The zero-order valence-electron chi connectivity index (χ0n) is 9.61. The lowest BCUT2D eigenvalue weighted by Gasteiger charge is -1.94. The lowest BCUT2D eigenvalue weighted by Crippen LogP contribution is -1.70. The van der Waals surface area contributed by atoms with E-state index in [0.717, 1.165) is 11.4 Å². The summed E-state index contributed by atoms with van der Waals surface area (Å²) in [7, 11) is 0. The minimum absolute atomic E-state index is 0.607. The molecule has 4 nitrogen and oxygen atoms in total. The van der Waals surface area contributed by atoms with Gasteiger partial charge in [-0.25, -0.2) is 0 Å². The van der Waals surface area contributed by atoms with Crippen LogP contribution in [0.15, 0.2) is 63.8 Å². The van der Waals surface area contributed by atoms with Gasteiger partial charge in [0.05, 0.1) is 28.7 Å². The van der Waals surface area contributed by atoms with Crippen LogP contribution in [0.5, 0.6) is 0 Å². The normalized spacial score (nSPS) is 10.2. The number of nitrogens with zero attached hydrogens (tertiary/aromatic N) is 4. The number of azo groups is 1. The fraction of sp³-hybridized carbons (Fsp3) is 0. The molecule has 0 radical (unpaired) electrons. The van der Waals surface area contributed by atoms with Gasteiger partial charge in [0.15, 0.2) is 0 Å². The third-order valence-electron chi connectivity index (χ3n) is 2.31. The molecule has 0 aliphatic carbocycles. The van der Waals surface area contributed by atoms with Crippen molar-refractivity contribution < 1.29 is 0 Å². The Hall–Kier alpha value is -2.80. The molecule has 4 heteroatoms. The molecule has 18 heavy (non-hydrogen) atoms. The topological polar surface area (TPSA) is 60.9 Å². The molecule has 86 valence electrons. The van der Waals surface area contributed by atoms with Crippen LogP contribution in [0.2, 0.25) is 0 Å². The second-order valence-electron chi connectivity index (χ2n) is 3.53. The van der Waals surface area contributed by atoms with Crippen LogP contribution in [0, 0.1) is 11.3 Å². The van der Waals surface area contributed by atoms with Gasteiger partial charge < -0.3 is 0 Å². The van der Waals surface area contributed by atoms with E-state index in [4.69, 9.17) is 5.26 Å². The van der Waals surface area contributed by atoms with Crippen molar-refractivity contribution in [2.24, 2.45) is 15.2 Å². The Balaban J connectivity index is 2.14. The number of aliphatic imine (C=N–C) groups is 1. The van der Waals surface area contributed by atoms with Crippen molar-refractivity contribution in [2.45, 2.75) is 0 Å². The van der Waals surface area contributed by atoms with Crippen molar-refractivity contribution in [3.05, 3.63) is 54.1 Å². The summed E-state index contributed by atoms with van der Waals surface area (Å²) >= 11 is 0. The van der Waals surface area contributed by atoms with Crippen LogP contribution >= 0.6 is 0 Å². The van der Waals surface area contributed by atoms with Crippen molar-refractivity contribution in [2.75, 3.05) is 0 Å². The minimum Gasteiger partial charge on any atom is -0.265 e. The third-order valence-corrected chi connectivity index (χ3v) is 2.31. The Morgan fingerprint density at radius 2 is 1.22 bits per heavy atom. The molecular formula is C14H10N4. The van der Waals surface area contributed by atoms with E-state index < -0.39 is 0 Å². The number of hydrogen-bond acceptors (Lipinski definition) is 4. The quantitative estimate of drug-likeness (QED) is 0.576. The van der Waals surface area contributed by atoms with E-state index in [2.05, 4.69) is 28.0 Å². The van der Waals surface area contributed by atoms with Crippen LogP contribution in [-0.2, 0) is 0 Å². The average Bonchev–Trinajstić information content (AvgIpc) is 2.46. The first kappa shape index (κ1) is 11.7. The van der Waals surface area contributed by atoms with E-state index in [9.17, 15) is 0 Å².